The minimum atomic E-state index is -0.946. The van der Waals surface area contributed by atoms with E-state index in [1.807, 2.05) is 0 Å². The van der Waals surface area contributed by atoms with Gasteiger partial charge >= 0.3 is 5.97 Å². The van der Waals surface area contributed by atoms with Crippen molar-refractivity contribution in [3.05, 3.63) is 35.6 Å². The highest BCUT2D eigenvalue weighted by Gasteiger charge is 2.39. The van der Waals surface area contributed by atoms with Gasteiger partial charge in [0.05, 0.1) is 11.5 Å². The maximum atomic E-state index is 13.7. The topological polar surface area (TPSA) is 77.9 Å². The lowest BCUT2D eigenvalue weighted by atomic mass is 10.0. The number of rotatable bonds is 3. The van der Waals surface area contributed by atoms with Crippen LogP contribution in [0.25, 0.3) is 0 Å². The Hall–Kier alpha value is -2.44. The third-order valence-electron chi connectivity index (χ3n) is 4.80. The van der Waals surface area contributed by atoms with E-state index in [-0.39, 0.29) is 36.4 Å². The standard InChI is InChI=1S/C17H19FN2O4/c18-14-4-2-1-3-13(14)16(22)19-7-5-12(6-8-19)20-10-11(17(23)24)9-15(20)21/h1-4,11-12H,5-10H2,(H,23,24). The lowest BCUT2D eigenvalue weighted by Gasteiger charge is -2.36. The van der Waals surface area contributed by atoms with Crippen LogP contribution in [0, 0.1) is 11.7 Å². The Labute approximate surface area is 138 Å². The van der Waals surface area contributed by atoms with E-state index in [1.165, 1.54) is 18.2 Å². The van der Waals surface area contributed by atoms with Crippen LogP contribution in [0.5, 0.6) is 0 Å². The van der Waals surface area contributed by atoms with E-state index in [2.05, 4.69) is 0 Å². The number of halogens is 1. The molecule has 1 N–H and O–H groups in total. The molecule has 0 aromatic heterocycles. The van der Waals surface area contributed by atoms with E-state index >= 15 is 0 Å². The number of hydrogen-bond acceptors (Lipinski definition) is 3. The first-order valence-electron chi connectivity index (χ1n) is 8.03. The number of carboxylic acid groups (broad SMARTS) is 1. The minimum absolute atomic E-state index is 0.0453. The molecule has 128 valence electrons. The van der Waals surface area contributed by atoms with Crippen LogP contribution in [0.1, 0.15) is 29.6 Å². The number of carbonyl (C=O) groups is 3. The molecule has 7 heteroatoms. The second-order valence-electron chi connectivity index (χ2n) is 6.29. The number of nitrogens with zero attached hydrogens (tertiary/aromatic N) is 2. The molecule has 1 aromatic carbocycles. The molecule has 0 aliphatic carbocycles. The van der Waals surface area contributed by atoms with Gasteiger partial charge in [-0.3, -0.25) is 14.4 Å². The third kappa shape index (κ3) is 3.11. The maximum Gasteiger partial charge on any atom is 0.308 e. The van der Waals surface area contributed by atoms with Gasteiger partial charge in [-0.2, -0.15) is 0 Å². The van der Waals surface area contributed by atoms with Crippen LogP contribution in [-0.2, 0) is 9.59 Å². The molecule has 1 unspecified atom stereocenters. The molecule has 2 aliphatic heterocycles. The average Bonchev–Trinajstić information content (AvgIpc) is 2.97. The van der Waals surface area contributed by atoms with Crippen molar-refractivity contribution in [2.24, 2.45) is 5.92 Å². The van der Waals surface area contributed by atoms with Gasteiger partial charge in [-0.15, -0.1) is 0 Å². The van der Waals surface area contributed by atoms with Gasteiger partial charge in [0.15, 0.2) is 0 Å². The Morgan fingerprint density at radius 2 is 1.83 bits per heavy atom. The zero-order chi connectivity index (χ0) is 17.3. The van der Waals surface area contributed by atoms with Crippen LogP contribution >= 0.6 is 0 Å². The van der Waals surface area contributed by atoms with E-state index in [9.17, 15) is 18.8 Å². The molecule has 0 saturated carbocycles. The molecule has 0 radical (unpaired) electrons. The highest BCUT2D eigenvalue weighted by molar-refractivity contribution is 5.94. The Morgan fingerprint density at radius 3 is 2.42 bits per heavy atom. The van der Waals surface area contributed by atoms with Gasteiger partial charge in [0.1, 0.15) is 5.82 Å². The first kappa shape index (κ1) is 16.4. The molecule has 6 nitrogen and oxygen atoms in total. The van der Waals surface area contributed by atoms with Crippen LogP contribution in [0.2, 0.25) is 0 Å². The van der Waals surface area contributed by atoms with Gasteiger partial charge in [0.2, 0.25) is 5.91 Å². The molecule has 2 heterocycles. The van der Waals surface area contributed by atoms with Gasteiger partial charge in [-0.1, -0.05) is 12.1 Å². The fraction of sp³-hybridized carbons (Fsp3) is 0.471. The van der Waals surface area contributed by atoms with E-state index < -0.39 is 17.7 Å². The number of aliphatic carboxylic acids is 1. The number of likely N-dealkylation sites (tertiary alicyclic amines) is 2. The van der Waals surface area contributed by atoms with Crippen LogP contribution in [0.15, 0.2) is 24.3 Å². The van der Waals surface area contributed by atoms with Crippen molar-refractivity contribution in [2.45, 2.75) is 25.3 Å². The molecule has 3 rings (SSSR count). The number of piperidine rings is 1. The number of benzene rings is 1. The molecule has 2 amide bonds. The Kier molecular flexibility index (Phi) is 4.51. The smallest absolute Gasteiger partial charge is 0.308 e. The molecule has 0 bridgehead atoms. The van der Waals surface area contributed by atoms with E-state index in [1.54, 1.807) is 15.9 Å². The summed E-state index contributed by atoms with van der Waals surface area (Å²) in [6, 6.07) is 5.83. The van der Waals surface area contributed by atoms with Crippen LogP contribution in [-0.4, -0.2) is 58.4 Å². The van der Waals surface area contributed by atoms with Crippen molar-refractivity contribution in [3.63, 3.8) is 0 Å². The van der Waals surface area contributed by atoms with Gasteiger partial charge in [-0.05, 0) is 25.0 Å². The second kappa shape index (κ2) is 6.59. The Bertz CT molecular complexity index is 670. The summed E-state index contributed by atoms with van der Waals surface area (Å²) in [6.45, 7) is 1.10. The summed E-state index contributed by atoms with van der Waals surface area (Å²) >= 11 is 0. The second-order valence-corrected chi connectivity index (χ2v) is 6.29. The van der Waals surface area contributed by atoms with Crippen molar-refractivity contribution in [3.8, 4) is 0 Å². The van der Waals surface area contributed by atoms with Crippen LogP contribution < -0.4 is 0 Å². The summed E-state index contributed by atoms with van der Waals surface area (Å²) in [5.74, 6) is -2.61. The molecule has 1 aromatic rings. The van der Waals surface area contributed by atoms with Gasteiger partial charge in [0, 0.05) is 32.1 Å². The molecular weight excluding hydrogens is 315 g/mol. The Balaban J connectivity index is 1.60. The number of hydrogen-bond donors (Lipinski definition) is 1. The maximum absolute atomic E-state index is 13.7. The highest BCUT2D eigenvalue weighted by atomic mass is 19.1. The van der Waals surface area contributed by atoms with Crippen LogP contribution in [0.3, 0.4) is 0 Å². The molecule has 24 heavy (non-hydrogen) atoms. The normalized spacial score (nSPS) is 22.0. The predicted molar refractivity (Wildman–Crippen MR) is 82.8 cm³/mol. The van der Waals surface area contributed by atoms with E-state index in [4.69, 9.17) is 5.11 Å². The highest BCUT2D eigenvalue weighted by Crippen LogP contribution is 2.26. The minimum Gasteiger partial charge on any atom is -0.481 e. The lowest BCUT2D eigenvalue weighted by Crippen LogP contribution is -2.47. The quantitative estimate of drug-likeness (QED) is 0.905. The monoisotopic (exact) mass is 334 g/mol. The summed E-state index contributed by atoms with van der Waals surface area (Å²) in [7, 11) is 0. The molecule has 1 atom stereocenters. The summed E-state index contributed by atoms with van der Waals surface area (Å²) in [5, 5.41) is 9.05. The molecule has 2 saturated heterocycles. The van der Waals surface area contributed by atoms with Gasteiger partial charge in [0.25, 0.3) is 5.91 Å². The van der Waals surface area contributed by atoms with Crippen molar-refractivity contribution in [2.75, 3.05) is 19.6 Å². The molecular formula is C17H19FN2O4. The first-order chi connectivity index (χ1) is 11.5. The van der Waals surface area contributed by atoms with E-state index in [0.717, 1.165) is 0 Å². The summed E-state index contributed by atoms with van der Waals surface area (Å²) < 4.78 is 13.7. The fourth-order valence-corrected chi connectivity index (χ4v) is 3.44. The van der Waals surface area contributed by atoms with Crippen molar-refractivity contribution >= 4 is 17.8 Å². The SMILES string of the molecule is O=C(O)C1CC(=O)N(C2CCN(C(=O)c3ccccc3F)CC2)C1. The van der Waals surface area contributed by atoms with Crippen molar-refractivity contribution < 1.29 is 23.9 Å². The first-order valence-corrected chi connectivity index (χ1v) is 8.03. The summed E-state index contributed by atoms with van der Waals surface area (Å²) in [6.07, 6.45) is 1.21. The summed E-state index contributed by atoms with van der Waals surface area (Å²) in [4.78, 5) is 38.6. The van der Waals surface area contributed by atoms with Crippen molar-refractivity contribution in [1.82, 2.24) is 9.80 Å². The zero-order valence-electron chi connectivity index (χ0n) is 13.2. The van der Waals surface area contributed by atoms with Gasteiger partial charge in [-0.25, -0.2) is 4.39 Å². The fourth-order valence-electron chi connectivity index (χ4n) is 3.44. The van der Waals surface area contributed by atoms with Gasteiger partial charge < -0.3 is 14.9 Å². The summed E-state index contributed by atoms with van der Waals surface area (Å²) in [5.41, 5.74) is 0.0548. The zero-order valence-corrected chi connectivity index (χ0v) is 13.2. The predicted octanol–water partition coefficient (Wildman–Crippen LogP) is 1.36. The number of carbonyl (C=O) groups excluding carboxylic acids is 2. The molecule has 2 fully saturated rings. The van der Waals surface area contributed by atoms with Crippen molar-refractivity contribution in [1.29, 1.82) is 0 Å². The molecule has 0 spiro atoms. The van der Waals surface area contributed by atoms with Crippen LogP contribution in [0.4, 0.5) is 4.39 Å². The third-order valence-corrected chi connectivity index (χ3v) is 4.80. The number of amides is 2. The lowest BCUT2D eigenvalue weighted by molar-refractivity contribution is -0.141. The molecule has 2 aliphatic rings. The average molecular weight is 334 g/mol. The largest absolute Gasteiger partial charge is 0.481 e. The Morgan fingerprint density at radius 1 is 1.17 bits per heavy atom. The number of carboxylic acids is 1. The van der Waals surface area contributed by atoms with E-state index in [0.29, 0.717) is 25.9 Å².